The molecule has 1 heterocycles. The Hall–Kier alpha value is -2.09. The molecule has 1 N–H and O–H groups in total. The van der Waals surface area contributed by atoms with Gasteiger partial charge in [0.15, 0.2) is 6.61 Å². The lowest BCUT2D eigenvalue weighted by Gasteiger charge is -2.16. The number of rotatable bonds is 7. The summed E-state index contributed by atoms with van der Waals surface area (Å²) in [6.07, 6.45) is 1.79. The van der Waals surface area contributed by atoms with Crippen molar-refractivity contribution < 1.29 is 17.9 Å². The van der Waals surface area contributed by atoms with Crippen LogP contribution in [-0.4, -0.2) is 38.3 Å². The van der Waals surface area contributed by atoms with Gasteiger partial charge in [-0.05, 0) is 61.7 Å². The summed E-state index contributed by atoms with van der Waals surface area (Å²) in [5, 5.41) is 3.49. The van der Waals surface area contributed by atoms with E-state index in [0.29, 0.717) is 23.9 Å². The number of hydrogen-bond donors (Lipinski definition) is 1. The molecule has 0 aliphatic carbocycles. The first-order valence-electron chi connectivity index (χ1n) is 9.14. The van der Waals surface area contributed by atoms with Gasteiger partial charge in [0, 0.05) is 18.1 Å². The van der Waals surface area contributed by atoms with E-state index in [1.807, 2.05) is 19.1 Å². The number of sulfonamides is 1. The van der Waals surface area contributed by atoms with Gasteiger partial charge in [0.05, 0.1) is 10.9 Å². The van der Waals surface area contributed by atoms with E-state index in [9.17, 15) is 13.2 Å². The van der Waals surface area contributed by atoms with Crippen molar-refractivity contribution in [2.45, 2.75) is 30.7 Å². The van der Waals surface area contributed by atoms with Crippen LogP contribution in [0.3, 0.4) is 0 Å². The average molecular weight is 423 g/mol. The molecule has 2 aromatic rings. The number of carbonyl (C=O) groups is 1. The van der Waals surface area contributed by atoms with Crippen LogP contribution in [0.25, 0.3) is 0 Å². The number of hydrogen-bond acceptors (Lipinski definition) is 4. The summed E-state index contributed by atoms with van der Waals surface area (Å²) in [5.41, 5.74) is 0.939. The van der Waals surface area contributed by atoms with Crippen LogP contribution in [0.5, 0.6) is 5.75 Å². The van der Waals surface area contributed by atoms with Gasteiger partial charge in [-0.2, -0.15) is 4.31 Å². The number of benzene rings is 2. The summed E-state index contributed by atoms with van der Waals surface area (Å²) >= 11 is 5.87. The Labute approximate surface area is 170 Å². The minimum Gasteiger partial charge on any atom is -0.484 e. The fourth-order valence-corrected chi connectivity index (χ4v) is 4.70. The molecule has 1 aliphatic heterocycles. The van der Waals surface area contributed by atoms with Gasteiger partial charge in [0.1, 0.15) is 5.75 Å². The van der Waals surface area contributed by atoms with Gasteiger partial charge < -0.3 is 10.1 Å². The number of carbonyl (C=O) groups excluding carboxylic acids is 1. The second kappa shape index (κ2) is 8.94. The zero-order chi connectivity index (χ0) is 20.1. The molecule has 2 aromatic carbocycles. The number of nitrogens with one attached hydrogen (secondary N) is 1. The SMILES string of the molecule is CC(NC(=O)COc1ccc(S(=O)(=O)N2CCCC2)cc1)c1ccc(Cl)cc1. The molecule has 0 radical (unpaired) electrons. The minimum absolute atomic E-state index is 0.157. The Morgan fingerprint density at radius 1 is 1.11 bits per heavy atom. The van der Waals surface area contributed by atoms with E-state index in [1.165, 1.54) is 16.4 Å². The van der Waals surface area contributed by atoms with Crippen molar-refractivity contribution in [3.05, 3.63) is 59.1 Å². The minimum atomic E-state index is -3.45. The highest BCUT2D eigenvalue weighted by Crippen LogP contribution is 2.23. The molecule has 3 rings (SSSR count). The highest BCUT2D eigenvalue weighted by atomic mass is 35.5. The smallest absolute Gasteiger partial charge is 0.258 e. The number of halogens is 1. The molecule has 0 bridgehead atoms. The molecule has 8 heteroatoms. The Balaban J connectivity index is 1.53. The molecular formula is C20H23ClN2O4S. The zero-order valence-corrected chi connectivity index (χ0v) is 17.2. The van der Waals surface area contributed by atoms with Gasteiger partial charge in [-0.15, -0.1) is 0 Å². The third-order valence-electron chi connectivity index (χ3n) is 4.64. The molecule has 1 fully saturated rings. The monoisotopic (exact) mass is 422 g/mol. The fraction of sp³-hybridized carbons (Fsp3) is 0.350. The van der Waals surface area contributed by atoms with Crippen LogP contribution in [0, 0.1) is 0 Å². The molecule has 1 saturated heterocycles. The fourth-order valence-electron chi connectivity index (χ4n) is 3.05. The Kier molecular flexibility index (Phi) is 6.59. The molecule has 150 valence electrons. The lowest BCUT2D eigenvalue weighted by atomic mass is 10.1. The van der Waals surface area contributed by atoms with Crippen LogP contribution in [0.15, 0.2) is 53.4 Å². The molecule has 1 unspecified atom stereocenters. The third-order valence-corrected chi connectivity index (χ3v) is 6.81. The van der Waals surface area contributed by atoms with Crippen molar-refractivity contribution in [1.82, 2.24) is 9.62 Å². The van der Waals surface area contributed by atoms with Gasteiger partial charge in [-0.1, -0.05) is 23.7 Å². The van der Waals surface area contributed by atoms with Crippen molar-refractivity contribution in [3.63, 3.8) is 0 Å². The van der Waals surface area contributed by atoms with Crippen molar-refractivity contribution in [1.29, 1.82) is 0 Å². The lowest BCUT2D eigenvalue weighted by Crippen LogP contribution is -2.31. The summed E-state index contributed by atoms with van der Waals surface area (Å²) in [4.78, 5) is 12.3. The number of nitrogens with zero attached hydrogens (tertiary/aromatic N) is 1. The highest BCUT2D eigenvalue weighted by molar-refractivity contribution is 7.89. The summed E-state index contributed by atoms with van der Waals surface area (Å²) < 4.78 is 32.0. The van der Waals surface area contributed by atoms with Crippen LogP contribution in [-0.2, 0) is 14.8 Å². The second-order valence-corrected chi connectivity index (χ2v) is 9.09. The summed E-state index contributed by atoms with van der Waals surface area (Å²) in [6.45, 7) is 2.84. The number of amides is 1. The molecule has 0 spiro atoms. The molecular weight excluding hydrogens is 400 g/mol. The highest BCUT2D eigenvalue weighted by Gasteiger charge is 2.26. The first-order chi connectivity index (χ1) is 13.4. The summed E-state index contributed by atoms with van der Waals surface area (Å²) in [5.74, 6) is 0.172. The van der Waals surface area contributed by atoms with Crippen molar-refractivity contribution in [2.75, 3.05) is 19.7 Å². The van der Waals surface area contributed by atoms with E-state index in [4.69, 9.17) is 16.3 Å². The largest absolute Gasteiger partial charge is 0.484 e. The van der Waals surface area contributed by atoms with Crippen LogP contribution >= 0.6 is 11.6 Å². The Morgan fingerprint density at radius 2 is 1.71 bits per heavy atom. The van der Waals surface area contributed by atoms with Crippen molar-refractivity contribution in [2.24, 2.45) is 0 Å². The third kappa shape index (κ3) is 5.04. The molecule has 0 aromatic heterocycles. The van der Waals surface area contributed by atoms with E-state index in [0.717, 1.165) is 18.4 Å². The van der Waals surface area contributed by atoms with Crippen molar-refractivity contribution in [3.8, 4) is 5.75 Å². The van der Waals surface area contributed by atoms with E-state index in [1.54, 1.807) is 24.3 Å². The normalized spacial score (nSPS) is 15.9. The number of ether oxygens (including phenoxy) is 1. The van der Waals surface area contributed by atoms with Crippen LogP contribution in [0.2, 0.25) is 5.02 Å². The maximum Gasteiger partial charge on any atom is 0.258 e. The molecule has 1 atom stereocenters. The molecule has 28 heavy (non-hydrogen) atoms. The van der Waals surface area contributed by atoms with E-state index in [-0.39, 0.29) is 23.5 Å². The van der Waals surface area contributed by atoms with E-state index >= 15 is 0 Å². The Morgan fingerprint density at radius 3 is 2.32 bits per heavy atom. The average Bonchev–Trinajstić information content (AvgIpc) is 3.23. The zero-order valence-electron chi connectivity index (χ0n) is 15.6. The summed E-state index contributed by atoms with van der Waals surface area (Å²) in [7, 11) is -3.45. The maximum atomic E-state index is 12.5. The first-order valence-corrected chi connectivity index (χ1v) is 11.0. The predicted octanol–water partition coefficient (Wildman–Crippen LogP) is 3.38. The summed E-state index contributed by atoms with van der Waals surface area (Å²) in [6, 6.07) is 13.2. The lowest BCUT2D eigenvalue weighted by molar-refractivity contribution is -0.123. The Bertz CT molecular complexity index is 908. The molecule has 6 nitrogen and oxygen atoms in total. The van der Waals surface area contributed by atoms with Gasteiger partial charge in [-0.25, -0.2) is 8.42 Å². The quantitative estimate of drug-likeness (QED) is 0.742. The predicted molar refractivity (Wildman–Crippen MR) is 108 cm³/mol. The molecule has 1 aliphatic rings. The van der Waals surface area contributed by atoms with Crippen LogP contribution < -0.4 is 10.1 Å². The van der Waals surface area contributed by atoms with Gasteiger partial charge in [0.25, 0.3) is 5.91 Å². The maximum absolute atomic E-state index is 12.5. The molecule has 1 amide bonds. The van der Waals surface area contributed by atoms with Crippen LogP contribution in [0.1, 0.15) is 31.4 Å². The second-order valence-electron chi connectivity index (χ2n) is 6.71. The van der Waals surface area contributed by atoms with Crippen LogP contribution in [0.4, 0.5) is 0 Å². The van der Waals surface area contributed by atoms with E-state index in [2.05, 4.69) is 5.32 Å². The first kappa shape index (κ1) is 20.6. The van der Waals surface area contributed by atoms with Gasteiger partial charge >= 0.3 is 0 Å². The van der Waals surface area contributed by atoms with Gasteiger partial charge in [-0.3, -0.25) is 4.79 Å². The molecule has 0 saturated carbocycles. The topological polar surface area (TPSA) is 75.7 Å². The van der Waals surface area contributed by atoms with E-state index < -0.39 is 10.0 Å². The standard InChI is InChI=1S/C20H23ClN2O4S/c1-15(16-4-6-17(21)7-5-16)22-20(24)14-27-18-8-10-19(11-9-18)28(25,26)23-12-2-3-13-23/h4-11,15H,2-3,12-14H2,1H3,(H,22,24). The van der Waals surface area contributed by atoms with Crippen molar-refractivity contribution >= 4 is 27.5 Å². The van der Waals surface area contributed by atoms with Gasteiger partial charge in [0.2, 0.25) is 10.0 Å².